The van der Waals surface area contributed by atoms with E-state index in [1.807, 2.05) is 11.0 Å². The molecule has 0 atom stereocenters. The van der Waals surface area contributed by atoms with Gasteiger partial charge >= 0.3 is 52.7 Å². The molecule has 0 fully saturated rings. The molecule has 0 aliphatic carbocycles. The van der Waals surface area contributed by atoms with Gasteiger partial charge < -0.3 is 0 Å². The minimum atomic E-state index is 0.255. The third kappa shape index (κ3) is 0.764. The Morgan fingerprint density at radius 1 is 1.75 bits per heavy atom. The Labute approximate surface area is 53.3 Å². The fourth-order valence-corrected chi connectivity index (χ4v) is 1.65. The molecule has 0 saturated carbocycles. The fourth-order valence-electron chi connectivity index (χ4n) is 0.413. The van der Waals surface area contributed by atoms with Crippen molar-refractivity contribution in [2.24, 2.45) is 0 Å². The number of hydrogen-bond donors (Lipinski definition) is 1. The van der Waals surface area contributed by atoms with Crippen LogP contribution >= 0.6 is 0 Å². The Hall–Kier alpha value is -0.711. The number of nitrogens with zero attached hydrogens (tertiary/aromatic N) is 1. The normalized spacial score (nSPS) is 8.38. The van der Waals surface area contributed by atoms with Gasteiger partial charge in [-0.1, -0.05) is 0 Å². The van der Waals surface area contributed by atoms with Crippen molar-refractivity contribution in [3.8, 4) is 6.07 Å². The van der Waals surface area contributed by atoms with Gasteiger partial charge in [-0.3, -0.25) is 0 Å². The first-order chi connectivity index (χ1) is 3.84. The number of nitrogen functional groups attached to an aromatic ring is 1. The van der Waals surface area contributed by atoms with E-state index in [4.69, 9.17) is 11.0 Å². The molecule has 1 heterocycles. The summed E-state index contributed by atoms with van der Waals surface area (Å²) in [6.45, 7) is 0. The molecule has 0 saturated heterocycles. The number of nitriles is 1. The molecular weight excluding hydrogens is 167 g/mol. The van der Waals surface area contributed by atoms with Crippen LogP contribution in [0.1, 0.15) is 5.56 Å². The third-order valence-corrected chi connectivity index (χ3v) is 2.38. The van der Waals surface area contributed by atoms with Crippen LogP contribution in [0.5, 0.6) is 0 Å². The van der Waals surface area contributed by atoms with Gasteiger partial charge in [-0.2, -0.15) is 0 Å². The summed E-state index contributed by atoms with van der Waals surface area (Å²) in [6.07, 6.45) is 0. The van der Waals surface area contributed by atoms with Gasteiger partial charge in [0.05, 0.1) is 0 Å². The number of hydrogen-bond acceptors (Lipinski definition) is 2. The minimum absolute atomic E-state index is 0.255. The predicted molar refractivity (Wildman–Crippen MR) is 32.5 cm³/mol. The summed E-state index contributed by atoms with van der Waals surface area (Å²) in [7, 11) is 0. The van der Waals surface area contributed by atoms with Gasteiger partial charge in [0, 0.05) is 0 Å². The van der Waals surface area contributed by atoms with Crippen LogP contribution in [0.4, 0.5) is 4.56 Å². The Morgan fingerprint density at radius 3 is 2.75 bits per heavy atom. The van der Waals surface area contributed by atoms with Crippen LogP contribution in [0.3, 0.4) is 0 Å². The van der Waals surface area contributed by atoms with E-state index in [2.05, 4.69) is 0 Å². The van der Waals surface area contributed by atoms with Crippen molar-refractivity contribution in [2.75, 3.05) is 5.73 Å². The summed E-state index contributed by atoms with van der Waals surface area (Å²) in [6, 6.07) is 3.77. The van der Waals surface area contributed by atoms with E-state index in [0.29, 0.717) is 5.56 Å². The Kier molecular flexibility index (Phi) is 1.38. The Balaban J connectivity index is 3.15. The molecule has 8 heavy (non-hydrogen) atoms. The molecule has 0 spiro atoms. The average molecular weight is 171 g/mol. The van der Waals surface area contributed by atoms with Crippen molar-refractivity contribution in [2.45, 2.75) is 0 Å². The summed E-state index contributed by atoms with van der Waals surface area (Å²) in [5.41, 5.74) is 6.06. The summed E-state index contributed by atoms with van der Waals surface area (Å²) < 4.78 is 0.750. The summed E-state index contributed by atoms with van der Waals surface area (Å²) >= 11 is 0.255. The zero-order valence-corrected chi connectivity index (χ0v) is 5.80. The second-order valence-electron chi connectivity index (χ2n) is 1.31. The van der Waals surface area contributed by atoms with Gasteiger partial charge in [-0.25, -0.2) is 0 Å². The van der Waals surface area contributed by atoms with Crippen molar-refractivity contribution in [1.29, 1.82) is 5.26 Å². The van der Waals surface area contributed by atoms with Gasteiger partial charge in [0.1, 0.15) is 0 Å². The van der Waals surface area contributed by atoms with Crippen molar-refractivity contribution in [3.63, 3.8) is 0 Å². The molecule has 3 heteroatoms. The molecule has 0 aliphatic heterocycles. The molecule has 2 nitrogen and oxygen atoms in total. The number of anilines is 1. The summed E-state index contributed by atoms with van der Waals surface area (Å²) in [5.74, 6) is 0. The van der Waals surface area contributed by atoms with Crippen LogP contribution in [-0.4, -0.2) is 14.5 Å². The van der Waals surface area contributed by atoms with Gasteiger partial charge in [0.2, 0.25) is 0 Å². The van der Waals surface area contributed by atoms with Crippen LogP contribution in [0.15, 0.2) is 11.0 Å². The first-order valence-corrected chi connectivity index (χ1v) is 3.92. The Morgan fingerprint density at radius 2 is 2.50 bits per heavy atom. The molecule has 0 unspecified atom stereocenters. The van der Waals surface area contributed by atoms with E-state index >= 15 is 0 Å². The number of rotatable bonds is 0. The van der Waals surface area contributed by atoms with Crippen molar-refractivity contribution < 1.29 is 0 Å². The summed E-state index contributed by atoms with van der Waals surface area (Å²) in [5, 5.41) is 8.31. The van der Waals surface area contributed by atoms with Gasteiger partial charge in [-0.05, 0) is 0 Å². The molecule has 1 aromatic heterocycles. The first-order valence-electron chi connectivity index (χ1n) is 2.07. The monoisotopic (exact) mass is 172 g/mol. The Bertz CT molecular complexity index is 221. The molecule has 0 bridgehead atoms. The van der Waals surface area contributed by atoms with Crippen molar-refractivity contribution in [3.05, 3.63) is 16.6 Å². The fraction of sp³-hybridized carbons (Fsp3) is 0. The van der Waals surface area contributed by atoms with Gasteiger partial charge in [0.25, 0.3) is 0 Å². The standard InChI is InChI=1S/C5H4N2Se/c6-3-4-1-2-8-5(4)7/h1-2H,7H2. The molecule has 2 N–H and O–H groups in total. The van der Waals surface area contributed by atoms with E-state index in [0.717, 1.165) is 4.56 Å². The average Bonchev–Trinajstić information content (AvgIpc) is 2.14. The van der Waals surface area contributed by atoms with Crippen molar-refractivity contribution in [1.82, 2.24) is 0 Å². The molecular formula is C5H4N2Se. The molecule has 0 amide bonds. The van der Waals surface area contributed by atoms with Crippen LogP contribution in [-0.2, 0) is 0 Å². The third-order valence-electron chi connectivity index (χ3n) is 0.816. The van der Waals surface area contributed by atoms with E-state index in [9.17, 15) is 0 Å². The van der Waals surface area contributed by atoms with Gasteiger partial charge in [0.15, 0.2) is 0 Å². The quantitative estimate of drug-likeness (QED) is 0.566. The van der Waals surface area contributed by atoms with Crippen LogP contribution in [0.25, 0.3) is 0 Å². The number of nitrogens with two attached hydrogens (primary N) is 1. The van der Waals surface area contributed by atoms with Crippen molar-refractivity contribution >= 4 is 19.1 Å². The van der Waals surface area contributed by atoms with Crippen LogP contribution < -0.4 is 5.73 Å². The second kappa shape index (κ2) is 2.04. The van der Waals surface area contributed by atoms with E-state index in [1.54, 1.807) is 6.07 Å². The predicted octanol–water partition coefficient (Wildman–Crippen LogP) is 0.197. The van der Waals surface area contributed by atoms with Crippen LogP contribution in [0.2, 0.25) is 0 Å². The summed E-state index contributed by atoms with van der Waals surface area (Å²) in [4.78, 5) is 1.95. The zero-order chi connectivity index (χ0) is 5.98. The molecule has 1 aromatic rings. The maximum absolute atomic E-state index is 8.31. The maximum atomic E-state index is 8.31. The second-order valence-corrected chi connectivity index (χ2v) is 3.30. The first kappa shape index (κ1) is 5.43. The molecule has 0 aliphatic rings. The molecule has 0 aromatic carbocycles. The van der Waals surface area contributed by atoms with Crippen LogP contribution in [0, 0.1) is 11.3 Å². The zero-order valence-electron chi connectivity index (χ0n) is 4.09. The topological polar surface area (TPSA) is 49.8 Å². The van der Waals surface area contributed by atoms with E-state index in [-0.39, 0.29) is 14.5 Å². The SMILES string of the molecule is N#Cc1cc[se]c1N. The van der Waals surface area contributed by atoms with E-state index < -0.39 is 0 Å². The molecule has 1 rings (SSSR count). The van der Waals surface area contributed by atoms with Gasteiger partial charge in [-0.15, -0.1) is 0 Å². The van der Waals surface area contributed by atoms with E-state index in [1.165, 1.54) is 0 Å². The molecule has 40 valence electrons. The molecule has 0 radical (unpaired) electrons.